The first kappa shape index (κ1) is 20.1. The van der Waals surface area contributed by atoms with E-state index in [9.17, 15) is 9.59 Å². The van der Waals surface area contributed by atoms with E-state index < -0.39 is 0 Å². The fourth-order valence-corrected chi connectivity index (χ4v) is 4.01. The monoisotopic (exact) mass is 411 g/mol. The van der Waals surface area contributed by atoms with Gasteiger partial charge in [-0.1, -0.05) is 35.9 Å². The summed E-state index contributed by atoms with van der Waals surface area (Å²) < 4.78 is 0. The van der Waals surface area contributed by atoms with Crippen LogP contribution in [0, 0.1) is 13.8 Å². The first-order valence-corrected chi connectivity index (χ1v) is 10.8. The Kier molecular flexibility index (Phi) is 6.84. The predicted molar refractivity (Wildman–Crippen MR) is 118 cm³/mol. The van der Waals surface area contributed by atoms with Crippen LogP contribution < -0.4 is 10.2 Å². The molecule has 0 saturated heterocycles. The van der Waals surface area contributed by atoms with Crippen molar-refractivity contribution in [1.82, 2.24) is 4.98 Å². The Labute approximate surface area is 172 Å². The summed E-state index contributed by atoms with van der Waals surface area (Å²) in [5.74, 6) is 0.167. The maximum atomic E-state index is 12.9. The van der Waals surface area contributed by atoms with Gasteiger partial charge in [0.05, 0.1) is 22.9 Å². The molecule has 2 aromatic carbocycles. The summed E-state index contributed by atoms with van der Waals surface area (Å²) in [6, 6.07) is 17.1. The van der Waals surface area contributed by atoms with Crippen molar-refractivity contribution in [2.45, 2.75) is 13.8 Å². The lowest BCUT2D eigenvalue weighted by Crippen LogP contribution is -2.28. The van der Waals surface area contributed by atoms with Gasteiger partial charge >= 0.3 is 0 Å². The average molecular weight is 412 g/mol. The van der Waals surface area contributed by atoms with E-state index in [1.54, 1.807) is 4.90 Å². The highest BCUT2D eigenvalue weighted by atomic mass is 32.2. The maximum Gasteiger partial charge on any atom is 0.243 e. The van der Waals surface area contributed by atoms with Crippen molar-refractivity contribution in [1.29, 1.82) is 0 Å². The molecule has 0 unspecified atom stereocenters. The molecule has 0 aliphatic heterocycles. The number of nitrogens with one attached hydrogen (secondary N) is 1. The number of amides is 2. The molecule has 0 aliphatic rings. The van der Waals surface area contributed by atoms with Gasteiger partial charge in [0.1, 0.15) is 0 Å². The van der Waals surface area contributed by atoms with Crippen LogP contribution in [0.15, 0.2) is 60.0 Å². The smallest absolute Gasteiger partial charge is 0.243 e. The zero-order valence-corrected chi connectivity index (χ0v) is 17.3. The van der Waals surface area contributed by atoms with Gasteiger partial charge in [0.2, 0.25) is 11.8 Å². The Balaban J connectivity index is 1.59. The fraction of sp³-hybridized carbons (Fsp3) is 0.190. The first-order valence-electron chi connectivity index (χ1n) is 8.77. The topological polar surface area (TPSA) is 62.3 Å². The number of hydrogen-bond acceptors (Lipinski definition) is 5. The summed E-state index contributed by atoms with van der Waals surface area (Å²) in [6.07, 6.45) is 0. The molecule has 3 aromatic rings. The number of rotatable bonds is 7. The van der Waals surface area contributed by atoms with Crippen LogP contribution in [0.5, 0.6) is 0 Å². The van der Waals surface area contributed by atoms with Gasteiger partial charge in [-0.15, -0.1) is 23.1 Å². The van der Waals surface area contributed by atoms with Crippen LogP contribution in [0.1, 0.15) is 11.3 Å². The van der Waals surface area contributed by atoms with E-state index in [2.05, 4.69) is 10.3 Å². The lowest BCUT2D eigenvalue weighted by Gasteiger charge is -2.19. The van der Waals surface area contributed by atoms with Gasteiger partial charge in [-0.3, -0.25) is 14.5 Å². The van der Waals surface area contributed by atoms with E-state index in [0.717, 1.165) is 22.6 Å². The highest BCUT2D eigenvalue weighted by molar-refractivity contribution is 8.00. The number of carbonyl (C=O) groups excluding carboxylic acids is 2. The highest BCUT2D eigenvalue weighted by Gasteiger charge is 2.21. The number of carbonyl (C=O) groups is 2. The van der Waals surface area contributed by atoms with Crippen molar-refractivity contribution in [2.75, 3.05) is 21.7 Å². The zero-order chi connectivity index (χ0) is 19.9. The molecule has 0 bridgehead atoms. The van der Waals surface area contributed by atoms with Crippen LogP contribution in [0.4, 0.5) is 16.5 Å². The molecule has 1 heterocycles. The lowest BCUT2D eigenvalue weighted by atomic mass is 10.2. The number of aromatic nitrogens is 1. The zero-order valence-electron chi connectivity index (χ0n) is 15.7. The lowest BCUT2D eigenvalue weighted by molar-refractivity contribution is -0.115. The van der Waals surface area contributed by atoms with E-state index in [1.165, 1.54) is 23.1 Å². The molecule has 0 radical (unpaired) electrons. The van der Waals surface area contributed by atoms with Gasteiger partial charge in [-0.2, -0.15) is 0 Å². The Hall–Kier alpha value is -2.64. The number of hydrogen-bond donors (Lipinski definition) is 1. The van der Waals surface area contributed by atoms with E-state index in [-0.39, 0.29) is 23.3 Å². The van der Waals surface area contributed by atoms with E-state index >= 15 is 0 Å². The molecule has 7 heteroatoms. The summed E-state index contributed by atoms with van der Waals surface area (Å²) in [7, 11) is 0. The van der Waals surface area contributed by atoms with Gasteiger partial charge < -0.3 is 5.32 Å². The molecule has 0 atom stereocenters. The van der Waals surface area contributed by atoms with Crippen molar-refractivity contribution in [3.8, 4) is 0 Å². The third kappa shape index (κ3) is 5.43. The Bertz CT molecular complexity index is 940. The third-order valence-corrected chi connectivity index (χ3v) is 5.72. The Morgan fingerprint density at radius 2 is 1.75 bits per heavy atom. The van der Waals surface area contributed by atoms with Gasteiger partial charge in [0, 0.05) is 11.1 Å². The normalized spacial score (nSPS) is 10.5. The fourth-order valence-electron chi connectivity index (χ4n) is 2.51. The number of aryl methyl sites for hydroxylation is 2. The molecular formula is C21H21N3O2S2. The number of thioether (sulfide) groups is 1. The molecule has 2 amide bonds. The van der Waals surface area contributed by atoms with Crippen LogP contribution in [0.25, 0.3) is 0 Å². The quantitative estimate of drug-likeness (QED) is 0.607. The number of benzene rings is 2. The molecule has 0 aliphatic carbocycles. The molecule has 3 rings (SSSR count). The number of nitrogens with zero attached hydrogens (tertiary/aromatic N) is 2. The summed E-state index contributed by atoms with van der Waals surface area (Å²) in [6.45, 7) is 3.90. The van der Waals surface area contributed by atoms with Gasteiger partial charge in [0.25, 0.3) is 0 Å². The molecule has 28 heavy (non-hydrogen) atoms. The summed E-state index contributed by atoms with van der Waals surface area (Å²) in [5.41, 5.74) is 3.54. The van der Waals surface area contributed by atoms with E-state index in [0.29, 0.717) is 5.13 Å². The summed E-state index contributed by atoms with van der Waals surface area (Å²) in [5, 5.41) is 5.40. The minimum Gasteiger partial charge on any atom is -0.325 e. The molecule has 144 valence electrons. The van der Waals surface area contributed by atoms with Crippen molar-refractivity contribution in [2.24, 2.45) is 0 Å². The second-order valence-corrected chi connectivity index (χ2v) is 8.07. The van der Waals surface area contributed by atoms with Crippen molar-refractivity contribution in [3.05, 3.63) is 71.2 Å². The van der Waals surface area contributed by atoms with Crippen molar-refractivity contribution < 1.29 is 9.59 Å². The second kappa shape index (κ2) is 9.52. The molecule has 1 aromatic heterocycles. The second-order valence-electron chi connectivity index (χ2n) is 6.24. The van der Waals surface area contributed by atoms with Gasteiger partial charge in [-0.05, 0) is 38.1 Å². The van der Waals surface area contributed by atoms with Crippen LogP contribution >= 0.6 is 23.1 Å². The Morgan fingerprint density at radius 3 is 2.39 bits per heavy atom. The largest absolute Gasteiger partial charge is 0.325 e. The number of thiazole rings is 1. The first-order chi connectivity index (χ1) is 13.5. The molecule has 0 spiro atoms. The average Bonchev–Trinajstić information content (AvgIpc) is 3.10. The highest BCUT2D eigenvalue weighted by Crippen LogP contribution is 2.29. The Morgan fingerprint density at radius 1 is 1.04 bits per heavy atom. The molecule has 5 nitrogen and oxygen atoms in total. The van der Waals surface area contributed by atoms with E-state index in [4.69, 9.17) is 0 Å². The summed E-state index contributed by atoms with van der Waals surface area (Å²) in [4.78, 5) is 31.1. The molecule has 1 N–H and O–H groups in total. The summed E-state index contributed by atoms with van der Waals surface area (Å²) >= 11 is 2.72. The van der Waals surface area contributed by atoms with Gasteiger partial charge in [-0.25, -0.2) is 4.98 Å². The van der Waals surface area contributed by atoms with Gasteiger partial charge in [0.15, 0.2) is 5.13 Å². The van der Waals surface area contributed by atoms with Crippen molar-refractivity contribution >= 4 is 51.4 Å². The predicted octanol–water partition coefficient (Wildman–Crippen LogP) is 4.80. The standard InChI is InChI=1S/C21H21N3O2S2/c1-15-8-10-17(11-9-15)23-19(25)13-27-14-20(26)24(18-6-4-3-5-7-18)21-22-16(2)12-28-21/h3-12H,13-14H2,1-2H3,(H,23,25). The maximum absolute atomic E-state index is 12.9. The van der Waals surface area contributed by atoms with Crippen LogP contribution in [-0.2, 0) is 9.59 Å². The van der Waals surface area contributed by atoms with Crippen molar-refractivity contribution in [3.63, 3.8) is 0 Å². The SMILES string of the molecule is Cc1ccc(NC(=O)CSCC(=O)N(c2ccccc2)c2nc(C)cs2)cc1. The minimum atomic E-state index is -0.127. The molecule has 0 fully saturated rings. The minimum absolute atomic E-state index is 0.103. The van der Waals surface area contributed by atoms with E-state index in [1.807, 2.05) is 73.8 Å². The van der Waals surface area contributed by atoms with Crippen LogP contribution in [0.2, 0.25) is 0 Å². The third-order valence-electron chi connectivity index (χ3n) is 3.86. The number of anilines is 3. The van der Waals surface area contributed by atoms with Crippen LogP contribution in [0.3, 0.4) is 0 Å². The number of para-hydroxylation sites is 1. The molecular weight excluding hydrogens is 390 g/mol. The van der Waals surface area contributed by atoms with Crippen LogP contribution in [-0.4, -0.2) is 28.3 Å². The molecule has 0 saturated carbocycles.